The van der Waals surface area contributed by atoms with Crippen LogP contribution in [0.3, 0.4) is 0 Å². The first-order valence-electron chi connectivity index (χ1n) is 10.6. The van der Waals surface area contributed by atoms with E-state index in [0.29, 0.717) is 0 Å². The third-order valence-electron chi connectivity index (χ3n) is 5.66. The molecule has 0 bridgehead atoms. The van der Waals surface area contributed by atoms with E-state index < -0.39 is 0 Å². The zero-order valence-electron chi connectivity index (χ0n) is 19.1. The van der Waals surface area contributed by atoms with Gasteiger partial charge in [0, 0.05) is 15.8 Å². The summed E-state index contributed by atoms with van der Waals surface area (Å²) in [6.45, 7) is 15.7. The summed E-state index contributed by atoms with van der Waals surface area (Å²) in [5, 5.41) is 1.21. The fourth-order valence-electron chi connectivity index (χ4n) is 3.72. The van der Waals surface area contributed by atoms with Crippen molar-refractivity contribution in [3.8, 4) is 21.7 Å². The quantitative estimate of drug-likeness (QED) is 0.321. The van der Waals surface area contributed by atoms with Crippen LogP contribution in [0.2, 0.25) is 0 Å². The summed E-state index contributed by atoms with van der Waals surface area (Å²) in [5.41, 5.74) is 7.81. The number of pyridine rings is 1. The molecular formula is C28H31NS. The zero-order chi connectivity index (χ0) is 21.7. The van der Waals surface area contributed by atoms with Gasteiger partial charge in [-0.25, -0.2) is 4.98 Å². The molecule has 1 nitrogen and oxygen atoms in total. The highest BCUT2D eigenvalue weighted by Gasteiger charge is 2.16. The molecule has 0 saturated carbocycles. The average molecular weight is 414 g/mol. The Bertz CT molecular complexity index is 1200. The summed E-state index contributed by atoms with van der Waals surface area (Å²) in [5.74, 6) is 0. The summed E-state index contributed by atoms with van der Waals surface area (Å²) >= 11 is 1.78. The molecule has 0 fully saturated rings. The summed E-state index contributed by atoms with van der Waals surface area (Å²) in [6.07, 6.45) is 0. The van der Waals surface area contributed by atoms with E-state index in [-0.39, 0.29) is 10.8 Å². The van der Waals surface area contributed by atoms with E-state index in [9.17, 15) is 0 Å². The first-order valence-corrected chi connectivity index (χ1v) is 11.5. The minimum absolute atomic E-state index is 0.125. The second-order valence-corrected chi connectivity index (χ2v) is 11.4. The van der Waals surface area contributed by atoms with Gasteiger partial charge in [-0.05, 0) is 64.8 Å². The van der Waals surface area contributed by atoms with Crippen LogP contribution in [0.25, 0.3) is 31.9 Å². The average Bonchev–Trinajstić information content (AvgIpc) is 3.09. The van der Waals surface area contributed by atoms with Gasteiger partial charge in [0.05, 0.1) is 5.69 Å². The van der Waals surface area contributed by atoms with E-state index in [2.05, 4.69) is 109 Å². The molecule has 0 aliphatic heterocycles. The standard InChI is InChI=1S/C28H31NS/c1-18-14-21(16-23(15-18)28(5,6)7)24-13-10-20-17-25(30-26(20)29-24)19-8-11-22(12-9-19)27(2,3)4/h8-17H,1-7H3. The summed E-state index contributed by atoms with van der Waals surface area (Å²) in [6, 6.07) is 22.4. The Hall–Kier alpha value is -2.45. The minimum Gasteiger partial charge on any atom is -0.237 e. The van der Waals surface area contributed by atoms with Crippen molar-refractivity contribution in [1.82, 2.24) is 4.98 Å². The molecule has 2 heterocycles. The van der Waals surface area contributed by atoms with Gasteiger partial charge in [0.1, 0.15) is 4.83 Å². The maximum absolute atomic E-state index is 5.03. The van der Waals surface area contributed by atoms with Crippen LogP contribution in [-0.2, 0) is 10.8 Å². The molecule has 2 heteroatoms. The molecule has 0 amide bonds. The van der Waals surface area contributed by atoms with Crippen LogP contribution in [0.5, 0.6) is 0 Å². The number of aromatic nitrogens is 1. The summed E-state index contributed by atoms with van der Waals surface area (Å²) in [4.78, 5) is 7.40. The van der Waals surface area contributed by atoms with Gasteiger partial charge in [-0.1, -0.05) is 77.4 Å². The number of aryl methyl sites for hydroxylation is 1. The van der Waals surface area contributed by atoms with Crippen LogP contribution < -0.4 is 0 Å². The monoisotopic (exact) mass is 413 g/mol. The van der Waals surface area contributed by atoms with E-state index in [0.717, 1.165) is 10.5 Å². The van der Waals surface area contributed by atoms with Gasteiger partial charge < -0.3 is 0 Å². The number of nitrogens with zero attached hydrogens (tertiary/aromatic N) is 1. The molecule has 2 aromatic heterocycles. The Labute approximate surface area is 184 Å². The number of rotatable bonds is 2. The normalized spacial score (nSPS) is 12.5. The number of hydrogen-bond donors (Lipinski definition) is 0. The topological polar surface area (TPSA) is 12.9 Å². The molecule has 0 N–H and O–H groups in total. The van der Waals surface area contributed by atoms with Gasteiger partial charge >= 0.3 is 0 Å². The van der Waals surface area contributed by atoms with E-state index in [1.807, 2.05) is 0 Å². The predicted octanol–water partition coefficient (Wildman–Crippen LogP) is 8.53. The third-order valence-corrected chi connectivity index (χ3v) is 6.75. The minimum atomic E-state index is 0.125. The highest BCUT2D eigenvalue weighted by atomic mass is 32.1. The molecule has 0 aliphatic rings. The molecule has 0 aliphatic carbocycles. The Balaban J connectivity index is 1.72. The molecule has 30 heavy (non-hydrogen) atoms. The van der Waals surface area contributed by atoms with Gasteiger partial charge in [-0.2, -0.15) is 0 Å². The van der Waals surface area contributed by atoms with Crippen LogP contribution >= 0.6 is 11.3 Å². The van der Waals surface area contributed by atoms with Crippen molar-refractivity contribution in [3.63, 3.8) is 0 Å². The van der Waals surface area contributed by atoms with Crippen molar-refractivity contribution in [1.29, 1.82) is 0 Å². The molecule has 154 valence electrons. The van der Waals surface area contributed by atoms with Gasteiger partial charge in [0.15, 0.2) is 0 Å². The van der Waals surface area contributed by atoms with Crippen molar-refractivity contribution in [3.05, 3.63) is 77.4 Å². The predicted molar refractivity (Wildman–Crippen MR) is 133 cm³/mol. The lowest BCUT2D eigenvalue weighted by atomic mass is 9.85. The Kier molecular flexibility index (Phi) is 5.10. The summed E-state index contributed by atoms with van der Waals surface area (Å²) in [7, 11) is 0. The highest BCUT2D eigenvalue weighted by Crippen LogP contribution is 2.36. The maximum Gasteiger partial charge on any atom is 0.124 e. The summed E-state index contributed by atoms with van der Waals surface area (Å²) < 4.78 is 0. The van der Waals surface area contributed by atoms with Crippen molar-refractivity contribution in [2.45, 2.75) is 59.3 Å². The first kappa shape index (κ1) is 20.8. The number of benzene rings is 2. The van der Waals surface area contributed by atoms with Crippen LogP contribution in [0.1, 0.15) is 58.2 Å². The largest absolute Gasteiger partial charge is 0.237 e. The van der Waals surface area contributed by atoms with E-state index in [1.54, 1.807) is 11.3 Å². The van der Waals surface area contributed by atoms with Gasteiger partial charge in [-0.3, -0.25) is 0 Å². The molecule has 4 rings (SSSR count). The number of thiophene rings is 1. The highest BCUT2D eigenvalue weighted by molar-refractivity contribution is 7.21. The molecule has 0 radical (unpaired) electrons. The van der Waals surface area contributed by atoms with Crippen LogP contribution in [-0.4, -0.2) is 4.98 Å². The molecule has 0 unspecified atom stereocenters. The molecule has 4 aromatic rings. The number of hydrogen-bond acceptors (Lipinski definition) is 2. The molecule has 2 aromatic carbocycles. The molecule has 0 atom stereocenters. The van der Waals surface area contributed by atoms with Crippen molar-refractivity contribution >= 4 is 21.6 Å². The number of fused-ring (bicyclic) bond motifs is 1. The molecule has 0 spiro atoms. The second kappa shape index (κ2) is 7.35. The Morgan fingerprint density at radius 3 is 1.97 bits per heavy atom. The second-order valence-electron chi connectivity index (χ2n) is 10.4. The first-order chi connectivity index (χ1) is 14.0. The zero-order valence-corrected chi connectivity index (χ0v) is 19.9. The fraction of sp³-hybridized carbons (Fsp3) is 0.321. The van der Waals surface area contributed by atoms with Gasteiger partial charge in [0.2, 0.25) is 0 Å². The van der Waals surface area contributed by atoms with Crippen molar-refractivity contribution in [2.24, 2.45) is 0 Å². The smallest absolute Gasteiger partial charge is 0.124 e. The van der Waals surface area contributed by atoms with Gasteiger partial charge in [-0.15, -0.1) is 11.3 Å². The maximum atomic E-state index is 5.03. The van der Waals surface area contributed by atoms with E-state index in [1.165, 1.54) is 38.1 Å². The lowest BCUT2D eigenvalue weighted by molar-refractivity contribution is 0.590. The lowest BCUT2D eigenvalue weighted by Gasteiger charge is -2.20. The SMILES string of the molecule is Cc1cc(-c2ccc3cc(-c4ccc(C(C)(C)C)cc4)sc3n2)cc(C(C)(C)C)c1. The van der Waals surface area contributed by atoms with Gasteiger partial charge in [0.25, 0.3) is 0 Å². The Morgan fingerprint density at radius 1 is 0.667 bits per heavy atom. The van der Waals surface area contributed by atoms with Crippen LogP contribution in [0.4, 0.5) is 0 Å². The third kappa shape index (κ3) is 4.20. The molecule has 0 saturated heterocycles. The van der Waals surface area contributed by atoms with Crippen LogP contribution in [0, 0.1) is 6.92 Å². The van der Waals surface area contributed by atoms with E-state index >= 15 is 0 Å². The van der Waals surface area contributed by atoms with Crippen molar-refractivity contribution < 1.29 is 0 Å². The Morgan fingerprint density at radius 2 is 1.33 bits per heavy atom. The van der Waals surface area contributed by atoms with Crippen LogP contribution in [0.15, 0.2) is 60.7 Å². The van der Waals surface area contributed by atoms with E-state index in [4.69, 9.17) is 4.98 Å². The molecular weight excluding hydrogens is 382 g/mol. The lowest BCUT2D eigenvalue weighted by Crippen LogP contribution is -2.11. The van der Waals surface area contributed by atoms with Crippen molar-refractivity contribution in [2.75, 3.05) is 0 Å². The fourth-order valence-corrected chi connectivity index (χ4v) is 4.76.